The van der Waals surface area contributed by atoms with Crippen LogP contribution < -0.4 is 0 Å². The van der Waals surface area contributed by atoms with Gasteiger partial charge in [0.2, 0.25) is 0 Å². The Balaban J connectivity index is 2.22. The molecule has 15 heavy (non-hydrogen) atoms. The van der Waals surface area contributed by atoms with Crippen molar-refractivity contribution in [2.45, 2.75) is 13.8 Å². The fraction of sp³-hybridized carbons (Fsp3) is 0.417. The average Bonchev–Trinajstić information content (AvgIpc) is 2.16. The lowest BCUT2D eigenvalue weighted by Crippen LogP contribution is -2.48. The Bertz CT molecular complexity index is 397. The van der Waals surface area contributed by atoms with Gasteiger partial charge >= 0.3 is 0 Å². The maximum absolute atomic E-state index is 12.0. The molecule has 0 N–H and O–H groups in total. The van der Waals surface area contributed by atoms with Crippen molar-refractivity contribution >= 4 is 21.8 Å². The van der Waals surface area contributed by atoms with E-state index in [4.69, 9.17) is 0 Å². The van der Waals surface area contributed by atoms with Gasteiger partial charge in [0.15, 0.2) is 0 Å². The maximum Gasteiger partial charge on any atom is 0.255 e. The molecule has 0 spiro atoms. The standard InChI is InChI=1S/C12H14BrNO/c1-8-3-4-11(13)10(5-8)12(15)14-6-9(2)7-14/h3-5,9H,6-7H2,1-2H3. The molecule has 0 unspecified atom stereocenters. The SMILES string of the molecule is Cc1ccc(Br)c(C(=O)N2CC(C)C2)c1. The molecule has 0 aromatic heterocycles. The quantitative estimate of drug-likeness (QED) is 0.767. The number of nitrogens with zero attached hydrogens (tertiary/aromatic N) is 1. The summed E-state index contributed by atoms with van der Waals surface area (Å²) in [6.45, 7) is 5.94. The van der Waals surface area contributed by atoms with Crippen LogP contribution in [0.2, 0.25) is 0 Å². The van der Waals surface area contributed by atoms with Gasteiger partial charge in [0.25, 0.3) is 5.91 Å². The Morgan fingerprint density at radius 2 is 2.13 bits per heavy atom. The van der Waals surface area contributed by atoms with E-state index in [0.29, 0.717) is 5.92 Å². The van der Waals surface area contributed by atoms with Crippen LogP contribution in [0.5, 0.6) is 0 Å². The van der Waals surface area contributed by atoms with Crippen LogP contribution in [0.1, 0.15) is 22.8 Å². The summed E-state index contributed by atoms with van der Waals surface area (Å²) in [6, 6.07) is 5.88. The number of hydrogen-bond acceptors (Lipinski definition) is 1. The van der Waals surface area contributed by atoms with Crippen LogP contribution in [0.4, 0.5) is 0 Å². The van der Waals surface area contributed by atoms with Crippen molar-refractivity contribution in [3.05, 3.63) is 33.8 Å². The third kappa shape index (κ3) is 2.07. The van der Waals surface area contributed by atoms with Crippen molar-refractivity contribution in [1.82, 2.24) is 4.90 Å². The third-order valence-electron chi connectivity index (χ3n) is 2.70. The zero-order valence-corrected chi connectivity index (χ0v) is 10.5. The Hall–Kier alpha value is -0.830. The summed E-state index contributed by atoms with van der Waals surface area (Å²) in [5.74, 6) is 0.793. The van der Waals surface area contributed by atoms with E-state index in [0.717, 1.165) is 28.7 Å². The van der Waals surface area contributed by atoms with Crippen molar-refractivity contribution in [2.24, 2.45) is 5.92 Å². The van der Waals surface area contributed by atoms with Crippen molar-refractivity contribution < 1.29 is 4.79 Å². The zero-order chi connectivity index (χ0) is 11.0. The lowest BCUT2D eigenvalue weighted by Gasteiger charge is -2.37. The molecule has 1 amide bonds. The van der Waals surface area contributed by atoms with Gasteiger partial charge in [-0.05, 0) is 40.9 Å². The smallest absolute Gasteiger partial charge is 0.255 e. The number of amides is 1. The molecule has 1 aliphatic heterocycles. The predicted molar refractivity (Wildman–Crippen MR) is 63.9 cm³/mol. The molecule has 1 aromatic carbocycles. The van der Waals surface area contributed by atoms with E-state index in [1.54, 1.807) is 0 Å². The first-order chi connectivity index (χ1) is 7.08. The first-order valence-corrected chi connectivity index (χ1v) is 5.92. The minimum atomic E-state index is 0.142. The highest BCUT2D eigenvalue weighted by molar-refractivity contribution is 9.10. The van der Waals surface area contributed by atoms with E-state index in [1.807, 2.05) is 30.0 Å². The highest BCUT2D eigenvalue weighted by Crippen LogP contribution is 2.23. The summed E-state index contributed by atoms with van der Waals surface area (Å²) in [5.41, 5.74) is 1.90. The van der Waals surface area contributed by atoms with E-state index < -0.39 is 0 Å². The molecular weight excluding hydrogens is 254 g/mol. The van der Waals surface area contributed by atoms with Crippen LogP contribution in [-0.2, 0) is 0 Å². The van der Waals surface area contributed by atoms with Gasteiger partial charge in [-0.25, -0.2) is 0 Å². The molecule has 0 saturated carbocycles. The molecule has 1 fully saturated rings. The molecule has 1 heterocycles. The second-order valence-corrected chi connectivity index (χ2v) is 5.15. The molecule has 80 valence electrons. The summed E-state index contributed by atoms with van der Waals surface area (Å²) >= 11 is 3.42. The fourth-order valence-electron chi connectivity index (χ4n) is 1.84. The summed E-state index contributed by atoms with van der Waals surface area (Å²) in [6.07, 6.45) is 0. The lowest BCUT2D eigenvalue weighted by atomic mass is 10.0. The molecule has 0 atom stereocenters. The number of likely N-dealkylation sites (tertiary alicyclic amines) is 1. The monoisotopic (exact) mass is 267 g/mol. The van der Waals surface area contributed by atoms with Gasteiger partial charge in [-0.15, -0.1) is 0 Å². The number of benzene rings is 1. The summed E-state index contributed by atoms with van der Waals surface area (Å²) in [5, 5.41) is 0. The van der Waals surface area contributed by atoms with E-state index in [2.05, 4.69) is 22.9 Å². The zero-order valence-electron chi connectivity index (χ0n) is 8.96. The van der Waals surface area contributed by atoms with Gasteiger partial charge in [0, 0.05) is 17.6 Å². The van der Waals surface area contributed by atoms with Gasteiger partial charge in [0.1, 0.15) is 0 Å². The second kappa shape index (κ2) is 3.97. The van der Waals surface area contributed by atoms with Crippen LogP contribution in [0.25, 0.3) is 0 Å². The Kier molecular flexibility index (Phi) is 2.83. The molecule has 1 saturated heterocycles. The molecule has 1 aliphatic rings. The maximum atomic E-state index is 12.0. The normalized spacial score (nSPS) is 16.3. The topological polar surface area (TPSA) is 20.3 Å². The van der Waals surface area contributed by atoms with Crippen LogP contribution in [0.15, 0.2) is 22.7 Å². The van der Waals surface area contributed by atoms with E-state index in [1.165, 1.54) is 0 Å². The first kappa shape index (κ1) is 10.7. The van der Waals surface area contributed by atoms with Gasteiger partial charge in [0.05, 0.1) is 5.56 Å². The number of rotatable bonds is 1. The Morgan fingerprint density at radius 3 is 2.73 bits per heavy atom. The van der Waals surface area contributed by atoms with Gasteiger partial charge < -0.3 is 4.90 Å². The highest BCUT2D eigenvalue weighted by atomic mass is 79.9. The van der Waals surface area contributed by atoms with Gasteiger partial charge in [-0.1, -0.05) is 18.6 Å². The molecule has 3 heteroatoms. The number of aryl methyl sites for hydroxylation is 1. The van der Waals surface area contributed by atoms with Crippen molar-refractivity contribution in [3.8, 4) is 0 Å². The summed E-state index contributed by atoms with van der Waals surface area (Å²) in [4.78, 5) is 13.9. The van der Waals surface area contributed by atoms with E-state index >= 15 is 0 Å². The number of halogens is 1. The number of hydrogen-bond donors (Lipinski definition) is 0. The Labute approximate surface area is 98.4 Å². The third-order valence-corrected chi connectivity index (χ3v) is 3.40. The molecule has 0 aliphatic carbocycles. The van der Waals surface area contributed by atoms with Crippen molar-refractivity contribution in [2.75, 3.05) is 13.1 Å². The summed E-state index contributed by atoms with van der Waals surface area (Å²) in [7, 11) is 0. The van der Waals surface area contributed by atoms with Crippen LogP contribution in [-0.4, -0.2) is 23.9 Å². The van der Waals surface area contributed by atoms with Crippen LogP contribution >= 0.6 is 15.9 Å². The van der Waals surface area contributed by atoms with E-state index in [-0.39, 0.29) is 5.91 Å². The molecule has 0 radical (unpaired) electrons. The van der Waals surface area contributed by atoms with Gasteiger partial charge in [-0.3, -0.25) is 4.79 Å². The highest BCUT2D eigenvalue weighted by Gasteiger charge is 2.28. The number of carbonyl (C=O) groups excluding carboxylic acids is 1. The van der Waals surface area contributed by atoms with Crippen molar-refractivity contribution in [3.63, 3.8) is 0 Å². The molecule has 0 bridgehead atoms. The molecule has 2 nitrogen and oxygen atoms in total. The number of carbonyl (C=O) groups is 1. The fourth-order valence-corrected chi connectivity index (χ4v) is 2.25. The largest absolute Gasteiger partial charge is 0.338 e. The molecular formula is C12H14BrNO. The van der Waals surface area contributed by atoms with Crippen LogP contribution in [0, 0.1) is 12.8 Å². The second-order valence-electron chi connectivity index (χ2n) is 4.30. The molecule has 1 aromatic rings. The van der Waals surface area contributed by atoms with Crippen LogP contribution in [0.3, 0.4) is 0 Å². The summed E-state index contributed by atoms with van der Waals surface area (Å²) < 4.78 is 0.887. The predicted octanol–water partition coefficient (Wildman–Crippen LogP) is 2.85. The minimum absolute atomic E-state index is 0.142. The molecule has 2 rings (SSSR count). The lowest BCUT2D eigenvalue weighted by molar-refractivity contribution is 0.0529. The average molecular weight is 268 g/mol. The first-order valence-electron chi connectivity index (χ1n) is 5.13. The minimum Gasteiger partial charge on any atom is -0.338 e. The van der Waals surface area contributed by atoms with Crippen molar-refractivity contribution in [1.29, 1.82) is 0 Å². The Morgan fingerprint density at radius 1 is 1.47 bits per heavy atom. The van der Waals surface area contributed by atoms with Gasteiger partial charge in [-0.2, -0.15) is 0 Å². The van der Waals surface area contributed by atoms with E-state index in [9.17, 15) is 4.79 Å².